The van der Waals surface area contributed by atoms with Gasteiger partial charge >= 0.3 is 0 Å². The Labute approximate surface area is 117 Å². The van der Waals surface area contributed by atoms with E-state index in [1.807, 2.05) is 30.3 Å². The van der Waals surface area contributed by atoms with Crippen molar-refractivity contribution in [2.75, 3.05) is 20.8 Å². The van der Waals surface area contributed by atoms with Gasteiger partial charge in [0.15, 0.2) is 0 Å². The molecule has 1 aromatic carbocycles. The van der Waals surface area contributed by atoms with Crippen LogP contribution in [0.25, 0.3) is 0 Å². The number of amides is 1. The number of benzene rings is 1. The maximum absolute atomic E-state index is 11.9. The van der Waals surface area contributed by atoms with Gasteiger partial charge in [-0.05, 0) is 5.56 Å². The number of carbonyl (C=O) groups is 3. The Bertz CT molecular complexity index is 508. The molecule has 0 saturated heterocycles. The topological polar surface area (TPSA) is 63.7 Å². The summed E-state index contributed by atoms with van der Waals surface area (Å²) >= 11 is 0. The highest BCUT2D eigenvalue weighted by atomic mass is 16.5. The minimum Gasteiger partial charge on any atom is -0.380 e. The molecule has 0 bridgehead atoms. The molecule has 0 saturated carbocycles. The molecule has 1 aromatic rings. The Kier molecular flexibility index (Phi) is 6.32. The minimum atomic E-state index is -0.734. The van der Waals surface area contributed by atoms with Gasteiger partial charge in [-0.1, -0.05) is 30.3 Å². The smallest absolute Gasteiger partial charge is 0.294 e. The second-order valence-electron chi connectivity index (χ2n) is 4.28. The average Bonchev–Trinajstić information content (AvgIpc) is 2.46. The molecule has 5 heteroatoms. The maximum Gasteiger partial charge on any atom is 0.294 e. The molecule has 0 aromatic heterocycles. The van der Waals surface area contributed by atoms with Gasteiger partial charge in [0.05, 0.1) is 6.61 Å². The first-order chi connectivity index (χ1) is 9.58. The number of likely N-dealkylation sites (N-methyl/N-ethyl adjacent to an activating group) is 1. The highest BCUT2D eigenvalue weighted by molar-refractivity contribution is 6.41. The van der Waals surface area contributed by atoms with E-state index in [0.29, 0.717) is 12.8 Å². The predicted molar refractivity (Wildman–Crippen MR) is 73.9 cm³/mol. The van der Waals surface area contributed by atoms with E-state index in [0.717, 1.165) is 11.6 Å². The fraction of sp³-hybridized carbons (Fsp3) is 0.267. The van der Waals surface area contributed by atoms with E-state index < -0.39 is 11.7 Å². The third-order valence-corrected chi connectivity index (χ3v) is 2.60. The summed E-state index contributed by atoms with van der Waals surface area (Å²) in [5, 5.41) is 0. The summed E-state index contributed by atoms with van der Waals surface area (Å²) in [5.74, 6) is -1.40. The van der Waals surface area contributed by atoms with Crippen LogP contribution in [0.2, 0.25) is 0 Å². The van der Waals surface area contributed by atoms with Gasteiger partial charge in [0, 0.05) is 32.4 Å². The molecule has 0 spiro atoms. The highest BCUT2D eigenvalue weighted by Crippen LogP contribution is 2.04. The molecule has 0 radical (unpaired) electrons. The van der Waals surface area contributed by atoms with Crippen LogP contribution < -0.4 is 0 Å². The van der Waals surface area contributed by atoms with Gasteiger partial charge in [0.25, 0.3) is 5.91 Å². The van der Waals surface area contributed by atoms with E-state index in [9.17, 15) is 14.4 Å². The van der Waals surface area contributed by atoms with Crippen molar-refractivity contribution in [1.82, 2.24) is 4.90 Å². The summed E-state index contributed by atoms with van der Waals surface area (Å²) < 4.78 is 4.75. The van der Waals surface area contributed by atoms with Gasteiger partial charge in [0.1, 0.15) is 6.29 Å². The largest absolute Gasteiger partial charge is 0.380 e. The Balaban J connectivity index is 2.69. The standard InChI is InChI=1S/C15H17NO4/c1-16(9-12-6-4-3-5-7-12)15(19)14(18)8-13(10-17)11-20-2/h3-8,10H,9,11H2,1-2H3/b13-8+. The zero-order chi connectivity index (χ0) is 15.0. The summed E-state index contributed by atoms with van der Waals surface area (Å²) in [7, 11) is 2.95. The van der Waals surface area contributed by atoms with Crippen LogP contribution in [0.3, 0.4) is 0 Å². The van der Waals surface area contributed by atoms with Crippen molar-refractivity contribution in [3.05, 3.63) is 47.5 Å². The Hall–Kier alpha value is -2.27. The number of hydrogen-bond donors (Lipinski definition) is 0. The number of ether oxygens (including phenoxy) is 1. The lowest BCUT2D eigenvalue weighted by molar-refractivity contribution is -0.141. The van der Waals surface area contributed by atoms with Crippen molar-refractivity contribution in [2.45, 2.75) is 6.54 Å². The molecule has 1 rings (SSSR count). The van der Waals surface area contributed by atoms with Gasteiger partial charge in [-0.2, -0.15) is 0 Å². The minimum absolute atomic E-state index is 0.00488. The summed E-state index contributed by atoms with van der Waals surface area (Å²) in [6.45, 7) is 0.338. The Morgan fingerprint density at radius 2 is 1.90 bits per heavy atom. The number of aldehydes is 1. The van der Waals surface area contributed by atoms with Crippen molar-refractivity contribution in [2.24, 2.45) is 0 Å². The molecule has 0 heterocycles. The molecular formula is C15H17NO4. The number of nitrogens with zero attached hydrogens (tertiary/aromatic N) is 1. The van der Waals surface area contributed by atoms with Crippen LogP contribution in [0.15, 0.2) is 42.0 Å². The van der Waals surface area contributed by atoms with Crippen LogP contribution in [0, 0.1) is 0 Å². The summed E-state index contributed by atoms with van der Waals surface area (Å²) in [5.41, 5.74) is 1.06. The van der Waals surface area contributed by atoms with Crippen molar-refractivity contribution in [1.29, 1.82) is 0 Å². The molecule has 0 aliphatic carbocycles. The molecule has 0 N–H and O–H groups in total. The lowest BCUT2D eigenvalue weighted by Crippen LogP contribution is -2.32. The van der Waals surface area contributed by atoms with Crippen molar-refractivity contribution >= 4 is 18.0 Å². The third kappa shape index (κ3) is 4.78. The monoisotopic (exact) mass is 275 g/mol. The molecule has 5 nitrogen and oxygen atoms in total. The van der Waals surface area contributed by atoms with Crippen LogP contribution in [0.1, 0.15) is 5.56 Å². The second kappa shape index (κ2) is 8.01. The van der Waals surface area contributed by atoms with E-state index in [1.54, 1.807) is 0 Å². The normalized spacial score (nSPS) is 11.0. The van der Waals surface area contributed by atoms with E-state index in [4.69, 9.17) is 4.74 Å². The van der Waals surface area contributed by atoms with E-state index >= 15 is 0 Å². The Morgan fingerprint density at radius 1 is 1.25 bits per heavy atom. The molecule has 0 unspecified atom stereocenters. The molecule has 0 atom stereocenters. The summed E-state index contributed by atoms with van der Waals surface area (Å²) in [6.07, 6.45) is 1.52. The van der Waals surface area contributed by atoms with Crippen LogP contribution in [0.5, 0.6) is 0 Å². The first kappa shape index (κ1) is 15.8. The SMILES string of the molecule is COC/C(C=O)=C/C(=O)C(=O)N(C)Cc1ccccc1. The molecule has 106 valence electrons. The number of carbonyl (C=O) groups excluding carboxylic acids is 3. The fourth-order valence-corrected chi connectivity index (χ4v) is 1.62. The van der Waals surface area contributed by atoms with E-state index in [2.05, 4.69) is 0 Å². The highest BCUT2D eigenvalue weighted by Gasteiger charge is 2.17. The van der Waals surface area contributed by atoms with Gasteiger partial charge in [-0.3, -0.25) is 14.4 Å². The predicted octanol–water partition coefficient (Wildman–Crippen LogP) is 0.986. The lowest BCUT2D eigenvalue weighted by Gasteiger charge is -2.15. The van der Waals surface area contributed by atoms with Crippen molar-refractivity contribution in [3.8, 4) is 0 Å². The molecule has 0 fully saturated rings. The first-order valence-electron chi connectivity index (χ1n) is 6.06. The first-order valence-corrected chi connectivity index (χ1v) is 6.06. The number of rotatable bonds is 7. The molecule has 1 amide bonds. The number of hydrogen-bond acceptors (Lipinski definition) is 4. The summed E-state index contributed by atoms with van der Waals surface area (Å²) in [4.78, 5) is 35.6. The average molecular weight is 275 g/mol. The second-order valence-corrected chi connectivity index (χ2v) is 4.28. The maximum atomic E-state index is 11.9. The number of methoxy groups -OCH3 is 1. The fourth-order valence-electron chi connectivity index (χ4n) is 1.62. The molecular weight excluding hydrogens is 258 g/mol. The van der Waals surface area contributed by atoms with Crippen LogP contribution in [-0.4, -0.2) is 43.6 Å². The number of ketones is 1. The third-order valence-electron chi connectivity index (χ3n) is 2.60. The quantitative estimate of drug-likeness (QED) is 0.423. The van der Waals surface area contributed by atoms with Crippen molar-refractivity contribution in [3.63, 3.8) is 0 Å². The Morgan fingerprint density at radius 3 is 2.45 bits per heavy atom. The molecule has 0 aliphatic heterocycles. The van der Waals surface area contributed by atoms with Crippen LogP contribution >= 0.6 is 0 Å². The van der Waals surface area contributed by atoms with Gasteiger partial charge in [0.2, 0.25) is 5.78 Å². The summed E-state index contributed by atoms with van der Waals surface area (Å²) in [6, 6.07) is 9.33. The van der Waals surface area contributed by atoms with E-state index in [1.165, 1.54) is 19.1 Å². The van der Waals surface area contributed by atoms with Crippen molar-refractivity contribution < 1.29 is 19.1 Å². The van der Waals surface area contributed by atoms with Gasteiger partial charge < -0.3 is 9.64 Å². The van der Waals surface area contributed by atoms with Crippen LogP contribution in [0.4, 0.5) is 0 Å². The zero-order valence-corrected chi connectivity index (χ0v) is 11.5. The van der Waals surface area contributed by atoms with Gasteiger partial charge in [-0.25, -0.2) is 0 Å². The van der Waals surface area contributed by atoms with Gasteiger partial charge in [-0.15, -0.1) is 0 Å². The van der Waals surface area contributed by atoms with Crippen LogP contribution in [-0.2, 0) is 25.7 Å². The molecule has 0 aliphatic rings. The van der Waals surface area contributed by atoms with E-state index in [-0.39, 0.29) is 12.2 Å². The molecule has 20 heavy (non-hydrogen) atoms. The zero-order valence-electron chi connectivity index (χ0n) is 11.5. The lowest BCUT2D eigenvalue weighted by atomic mass is 10.2.